The number of carbonyl (C=O) groups is 1. The average molecular weight is 399 g/mol. The summed E-state index contributed by atoms with van der Waals surface area (Å²) in [6, 6.07) is 5.55. The van der Waals surface area contributed by atoms with Crippen molar-refractivity contribution in [1.29, 1.82) is 0 Å². The Bertz CT molecular complexity index is 616. The van der Waals surface area contributed by atoms with Crippen molar-refractivity contribution in [2.45, 2.75) is 39.0 Å². The van der Waals surface area contributed by atoms with Crippen LogP contribution >= 0.6 is 23.2 Å². The molecule has 0 spiro atoms. The molecule has 2 N–H and O–H groups in total. The third-order valence-corrected chi connectivity index (χ3v) is 5.09. The van der Waals surface area contributed by atoms with Crippen LogP contribution in [0.15, 0.2) is 23.2 Å². The van der Waals surface area contributed by atoms with Gasteiger partial charge in [0, 0.05) is 55.1 Å². The molecule has 0 bridgehead atoms. The second-order valence-electron chi connectivity index (χ2n) is 6.52. The third kappa shape index (κ3) is 6.06. The summed E-state index contributed by atoms with van der Waals surface area (Å²) in [7, 11) is 0. The highest BCUT2D eigenvalue weighted by Crippen LogP contribution is 2.31. The number of likely N-dealkylation sites (tertiary alicyclic amines) is 1. The van der Waals surface area contributed by atoms with E-state index in [1.165, 1.54) is 0 Å². The molecule has 1 aliphatic heterocycles. The Labute approximate surface area is 166 Å². The lowest BCUT2D eigenvalue weighted by Crippen LogP contribution is -2.39. The number of hydrogen-bond donors (Lipinski definition) is 2. The summed E-state index contributed by atoms with van der Waals surface area (Å²) in [6.07, 6.45) is 2.58. The van der Waals surface area contributed by atoms with Gasteiger partial charge >= 0.3 is 0 Å². The quantitative estimate of drug-likeness (QED) is 0.399. The normalized spacial score (nSPS) is 16.1. The van der Waals surface area contributed by atoms with Gasteiger partial charge < -0.3 is 15.5 Å². The van der Waals surface area contributed by atoms with Gasteiger partial charge in [-0.15, -0.1) is 0 Å². The van der Waals surface area contributed by atoms with E-state index in [2.05, 4.69) is 22.5 Å². The van der Waals surface area contributed by atoms with Crippen molar-refractivity contribution in [3.8, 4) is 0 Å². The molecule has 1 saturated heterocycles. The lowest BCUT2D eigenvalue weighted by Gasteiger charge is -2.17. The number of halogens is 2. The Morgan fingerprint density at radius 2 is 2.04 bits per heavy atom. The standard InChI is InChI=1S/C19H28Cl2N4O/c1-3-22-19(23-10-6-12-25-11-5-9-17(25)26)24-13-14(2)18-15(20)7-4-8-16(18)21/h4,7-8,14H,3,5-6,9-13H2,1-2H3,(H2,22,23,24). The van der Waals surface area contributed by atoms with Crippen LogP contribution in [-0.2, 0) is 4.79 Å². The number of guanidine groups is 1. The van der Waals surface area contributed by atoms with Gasteiger partial charge in [0.05, 0.1) is 0 Å². The number of amides is 1. The number of benzene rings is 1. The van der Waals surface area contributed by atoms with E-state index in [1.807, 2.05) is 30.0 Å². The van der Waals surface area contributed by atoms with Gasteiger partial charge in [-0.1, -0.05) is 36.2 Å². The summed E-state index contributed by atoms with van der Waals surface area (Å²) in [6.45, 7) is 7.95. The molecule has 1 amide bonds. The van der Waals surface area contributed by atoms with Crippen molar-refractivity contribution in [3.05, 3.63) is 33.8 Å². The Morgan fingerprint density at radius 1 is 1.31 bits per heavy atom. The third-order valence-electron chi connectivity index (χ3n) is 4.43. The van der Waals surface area contributed by atoms with Crippen molar-refractivity contribution >= 4 is 35.1 Å². The molecule has 7 heteroatoms. The first kappa shape index (κ1) is 20.8. The second kappa shape index (κ2) is 10.6. The SMILES string of the molecule is CCNC(=NCC(C)c1c(Cl)cccc1Cl)NCCCN1CCCC1=O. The molecular weight excluding hydrogens is 371 g/mol. The summed E-state index contributed by atoms with van der Waals surface area (Å²) in [5, 5.41) is 7.93. The molecule has 1 atom stereocenters. The minimum Gasteiger partial charge on any atom is -0.357 e. The van der Waals surface area contributed by atoms with E-state index in [-0.39, 0.29) is 11.8 Å². The molecule has 0 aromatic heterocycles. The predicted molar refractivity (Wildman–Crippen MR) is 109 cm³/mol. The lowest BCUT2D eigenvalue weighted by molar-refractivity contribution is -0.127. The van der Waals surface area contributed by atoms with E-state index in [9.17, 15) is 4.79 Å². The van der Waals surface area contributed by atoms with Gasteiger partial charge in [0.15, 0.2) is 5.96 Å². The highest BCUT2D eigenvalue weighted by molar-refractivity contribution is 6.36. The van der Waals surface area contributed by atoms with Crippen molar-refractivity contribution in [3.63, 3.8) is 0 Å². The van der Waals surface area contributed by atoms with Crippen molar-refractivity contribution < 1.29 is 4.79 Å². The van der Waals surface area contributed by atoms with Crippen LogP contribution in [0.25, 0.3) is 0 Å². The van der Waals surface area contributed by atoms with Gasteiger partial charge in [-0.2, -0.15) is 0 Å². The van der Waals surface area contributed by atoms with Crippen LogP contribution in [0.4, 0.5) is 0 Å². The van der Waals surface area contributed by atoms with E-state index in [0.29, 0.717) is 23.0 Å². The molecule has 1 aromatic rings. The van der Waals surface area contributed by atoms with Crippen molar-refractivity contribution in [2.24, 2.45) is 4.99 Å². The number of aliphatic imine (C=N–C) groups is 1. The Kier molecular flexibility index (Phi) is 8.52. The topological polar surface area (TPSA) is 56.7 Å². The first-order valence-electron chi connectivity index (χ1n) is 9.26. The number of nitrogens with zero attached hydrogens (tertiary/aromatic N) is 2. The number of carbonyl (C=O) groups excluding carboxylic acids is 1. The van der Waals surface area contributed by atoms with E-state index in [4.69, 9.17) is 23.2 Å². The minimum atomic E-state index is 0.119. The monoisotopic (exact) mass is 398 g/mol. The Morgan fingerprint density at radius 3 is 2.65 bits per heavy atom. The zero-order valence-corrected chi connectivity index (χ0v) is 17.0. The first-order valence-corrected chi connectivity index (χ1v) is 10.0. The Balaban J connectivity index is 1.84. The minimum absolute atomic E-state index is 0.119. The molecule has 2 rings (SSSR count). The molecule has 1 aliphatic rings. The fourth-order valence-corrected chi connectivity index (χ4v) is 3.83. The highest BCUT2D eigenvalue weighted by atomic mass is 35.5. The zero-order chi connectivity index (χ0) is 18.9. The summed E-state index contributed by atoms with van der Waals surface area (Å²) >= 11 is 12.6. The van der Waals surface area contributed by atoms with Crippen LogP contribution in [0, 0.1) is 0 Å². The molecule has 1 aromatic carbocycles. The van der Waals surface area contributed by atoms with Gasteiger partial charge in [-0.25, -0.2) is 0 Å². The maximum absolute atomic E-state index is 11.6. The highest BCUT2D eigenvalue weighted by Gasteiger charge is 2.19. The van der Waals surface area contributed by atoms with Crippen molar-refractivity contribution in [2.75, 3.05) is 32.7 Å². The summed E-state index contributed by atoms with van der Waals surface area (Å²) < 4.78 is 0. The van der Waals surface area contributed by atoms with Gasteiger partial charge in [-0.05, 0) is 37.5 Å². The maximum Gasteiger partial charge on any atom is 0.222 e. The largest absolute Gasteiger partial charge is 0.357 e. The molecular formula is C19H28Cl2N4O. The van der Waals surface area contributed by atoms with Gasteiger partial charge in [0.25, 0.3) is 0 Å². The molecule has 26 heavy (non-hydrogen) atoms. The molecule has 5 nitrogen and oxygen atoms in total. The van der Waals surface area contributed by atoms with Crippen LogP contribution in [0.2, 0.25) is 10.0 Å². The molecule has 0 aliphatic carbocycles. The fraction of sp³-hybridized carbons (Fsp3) is 0.579. The first-order chi connectivity index (χ1) is 12.5. The smallest absolute Gasteiger partial charge is 0.222 e. The number of hydrogen-bond acceptors (Lipinski definition) is 2. The fourth-order valence-electron chi connectivity index (χ4n) is 3.06. The molecule has 0 saturated carbocycles. The van der Waals surface area contributed by atoms with Crippen molar-refractivity contribution in [1.82, 2.24) is 15.5 Å². The summed E-state index contributed by atoms with van der Waals surface area (Å²) in [4.78, 5) is 18.2. The predicted octanol–water partition coefficient (Wildman–Crippen LogP) is 3.66. The molecule has 0 radical (unpaired) electrons. The molecule has 1 heterocycles. The summed E-state index contributed by atoms with van der Waals surface area (Å²) in [5.41, 5.74) is 0.933. The van der Waals surface area contributed by atoms with Gasteiger partial charge in [0.2, 0.25) is 5.91 Å². The van der Waals surface area contributed by atoms with Crippen LogP contribution in [0.5, 0.6) is 0 Å². The van der Waals surface area contributed by atoms with E-state index >= 15 is 0 Å². The van der Waals surface area contributed by atoms with E-state index in [0.717, 1.165) is 50.5 Å². The number of rotatable bonds is 8. The van der Waals surface area contributed by atoms with Crippen LogP contribution < -0.4 is 10.6 Å². The van der Waals surface area contributed by atoms with E-state index in [1.54, 1.807) is 0 Å². The van der Waals surface area contributed by atoms with Crippen LogP contribution in [0.1, 0.15) is 44.6 Å². The lowest BCUT2D eigenvalue weighted by atomic mass is 10.0. The summed E-state index contributed by atoms with van der Waals surface area (Å²) in [5.74, 6) is 1.17. The average Bonchev–Trinajstić information content (AvgIpc) is 3.01. The maximum atomic E-state index is 11.6. The molecule has 1 unspecified atom stereocenters. The van der Waals surface area contributed by atoms with Crippen LogP contribution in [-0.4, -0.2) is 49.5 Å². The van der Waals surface area contributed by atoms with Crippen LogP contribution in [0.3, 0.4) is 0 Å². The number of nitrogens with one attached hydrogen (secondary N) is 2. The molecule has 144 valence electrons. The Hall–Kier alpha value is -1.46. The molecule has 1 fully saturated rings. The zero-order valence-electron chi connectivity index (χ0n) is 15.5. The van der Waals surface area contributed by atoms with E-state index < -0.39 is 0 Å². The second-order valence-corrected chi connectivity index (χ2v) is 7.34. The van der Waals surface area contributed by atoms with Gasteiger partial charge in [-0.3, -0.25) is 9.79 Å². The van der Waals surface area contributed by atoms with Gasteiger partial charge in [0.1, 0.15) is 0 Å².